The second kappa shape index (κ2) is 17.3. The molecule has 0 atom stereocenters. The van der Waals surface area contributed by atoms with Gasteiger partial charge >= 0.3 is 0 Å². The molecule has 0 unspecified atom stereocenters. The van der Waals surface area contributed by atoms with Gasteiger partial charge in [-0.15, -0.1) is 0 Å². The number of nitrogens with zero attached hydrogens (tertiary/aromatic N) is 3. The van der Waals surface area contributed by atoms with Crippen molar-refractivity contribution in [2.45, 2.75) is 65.5 Å². The van der Waals surface area contributed by atoms with Crippen molar-refractivity contribution >= 4 is 30.1 Å². The van der Waals surface area contributed by atoms with E-state index >= 15 is 0 Å². The molecular formula is C38H47N4P. The van der Waals surface area contributed by atoms with Gasteiger partial charge in [0.25, 0.3) is 0 Å². The number of amidine groups is 1. The zero-order valence-corrected chi connectivity index (χ0v) is 27.6. The van der Waals surface area contributed by atoms with Gasteiger partial charge in [0.1, 0.15) is 5.58 Å². The highest BCUT2D eigenvalue weighted by molar-refractivity contribution is 7.88. The topological polar surface area (TPSA) is 49.1 Å². The predicted octanol–water partition coefficient (Wildman–Crippen LogP) is 8.31. The van der Waals surface area contributed by atoms with Gasteiger partial charge in [0, 0.05) is 20.0 Å². The van der Waals surface area contributed by atoms with Gasteiger partial charge in [-0.05, 0) is 76.1 Å². The monoisotopic (exact) mass is 590 g/mol. The van der Waals surface area contributed by atoms with E-state index in [1.807, 2.05) is 39.0 Å². The first-order valence-electron chi connectivity index (χ1n) is 15.0. The molecule has 224 valence electrons. The largest absolute Gasteiger partial charge is 0.365 e. The Labute approximate surface area is 260 Å². The van der Waals surface area contributed by atoms with Gasteiger partial charge in [-0.25, -0.2) is 9.98 Å². The Morgan fingerprint density at radius 3 is 1.44 bits per heavy atom. The maximum atomic E-state index is 5.09. The maximum Gasteiger partial charge on any atom is 0.129 e. The van der Waals surface area contributed by atoms with Gasteiger partial charge in [0.15, 0.2) is 0 Å². The van der Waals surface area contributed by atoms with E-state index in [9.17, 15) is 0 Å². The number of hydrogen-bond acceptors (Lipinski definition) is 3. The lowest BCUT2D eigenvalue weighted by Crippen LogP contribution is -2.42. The van der Waals surface area contributed by atoms with Crippen LogP contribution in [0.2, 0.25) is 0 Å². The van der Waals surface area contributed by atoms with Crippen LogP contribution >= 0.6 is 7.92 Å². The van der Waals surface area contributed by atoms with E-state index in [0.29, 0.717) is 0 Å². The summed E-state index contributed by atoms with van der Waals surface area (Å²) in [6.45, 7) is 14.2. The molecule has 0 heterocycles. The Balaban J connectivity index is 0.000000285. The molecule has 4 aromatic rings. The second-order valence-corrected chi connectivity index (χ2v) is 14.4. The quantitative estimate of drug-likeness (QED) is 0.119. The Kier molecular flexibility index (Phi) is 13.6. The van der Waals surface area contributed by atoms with Gasteiger partial charge in [-0.1, -0.05) is 121 Å². The van der Waals surface area contributed by atoms with E-state index in [1.165, 1.54) is 21.7 Å². The molecule has 1 N–H and O–H groups in total. The zero-order valence-electron chi connectivity index (χ0n) is 26.7. The fraction of sp³-hybridized carbons (Fsp3) is 0.316. The average Bonchev–Trinajstić information content (AvgIpc) is 2.98. The molecule has 4 rings (SSSR count). The molecule has 5 heteroatoms. The van der Waals surface area contributed by atoms with Crippen LogP contribution in [-0.4, -0.2) is 35.8 Å². The smallest absolute Gasteiger partial charge is 0.129 e. The highest BCUT2D eigenvalue weighted by Crippen LogP contribution is 2.35. The van der Waals surface area contributed by atoms with Crippen molar-refractivity contribution in [2.75, 3.05) is 13.1 Å². The molecule has 4 aromatic carbocycles. The summed E-state index contributed by atoms with van der Waals surface area (Å²) in [7, 11) is -0.720. The average molecular weight is 591 g/mol. The third kappa shape index (κ3) is 13.8. The third-order valence-corrected chi connectivity index (χ3v) is 8.35. The fourth-order valence-corrected chi connectivity index (χ4v) is 6.47. The Morgan fingerprint density at radius 2 is 1.02 bits per heavy atom. The summed E-state index contributed by atoms with van der Waals surface area (Å²) < 4.78 is 0. The fourth-order valence-electron chi connectivity index (χ4n) is 4.05. The van der Waals surface area contributed by atoms with Crippen molar-refractivity contribution in [2.24, 2.45) is 15.0 Å². The molecule has 0 amide bonds. The highest BCUT2D eigenvalue weighted by Gasteiger charge is 2.24. The van der Waals surface area contributed by atoms with E-state index in [2.05, 4.69) is 145 Å². The molecule has 0 bridgehead atoms. The zero-order chi connectivity index (χ0) is 31.0. The molecular weight excluding hydrogens is 543 g/mol. The first-order valence-corrected chi connectivity index (χ1v) is 16.4. The number of hydrogen-bond donors (Lipinski definition) is 1. The van der Waals surface area contributed by atoms with E-state index in [4.69, 9.17) is 4.99 Å². The Bertz CT molecular complexity index is 1380. The summed E-state index contributed by atoms with van der Waals surface area (Å²) in [4.78, 5) is 13.4. The van der Waals surface area contributed by atoms with Crippen molar-refractivity contribution < 1.29 is 0 Å². The van der Waals surface area contributed by atoms with Crippen LogP contribution in [0, 0.1) is 0 Å². The van der Waals surface area contributed by atoms with Crippen molar-refractivity contribution in [3.8, 4) is 0 Å². The van der Waals surface area contributed by atoms with Crippen LogP contribution in [0.1, 0.15) is 52.7 Å². The first kappa shape index (κ1) is 33.7. The molecule has 0 radical (unpaired) electrons. The standard InChI is InChI=1S/C25H29N2P.C13H18N2/c1-25(2,3)27-24(26-20-19-21-13-7-4-8-14-21)28(22-15-9-5-10-16-22)23-17-11-6-12-18-23;1-13(2,3)15-11-14-10-9-12-7-5-4-6-8-12/h4-18H,19-20H2,1-3H3,(H,26,27);4-8H,9-10H2,1-3H3. The Hall–Kier alpha value is -3.84. The van der Waals surface area contributed by atoms with E-state index in [-0.39, 0.29) is 11.1 Å². The van der Waals surface area contributed by atoms with Gasteiger partial charge in [0.05, 0.1) is 18.1 Å². The molecule has 0 aliphatic heterocycles. The van der Waals surface area contributed by atoms with Crippen LogP contribution in [0.25, 0.3) is 0 Å². The van der Waals surface area contributed by atoms with Crippen LogP contribution in [0.4, 0.5) is 0 Å². The number of rotatable bonds is 9. The van der Waals surface area contributed by atoms with E-state index in [1.54, 1.807) is 0 Å². The highest BCUT2D eigenvalue weighted by atomic mass is 31.1. The molecule has 0 saturated heterocycles. The molecule has 0 aliphatic rings. The lowest BCUT2D eigenvalue weighted by Gasteiger charge is -2.29. The summed E-state index contributed by atoms with van der Waals surface area (Å²) in [5, 5.41) is 6.36. The van der Waals surface area contributed by atoms with Crippen molar-refractivity contribution in [3.05, 3.63) is 132 Å². The SMILES string of the molecule is CC(C)(C)N=C=NCCc1ccccc1.CC(C)(C)NC(=NCCc1ccccc1)P(c1ccccc1)c1ccccc1. The second-order valence-electron chi connectivity index (χ2n) is 12.3. The number of benzene rings is 4. The normalized spacial score (nSPS) is 11.7. The van der Waals surface area contributed by atoms with E-state index < -0.39 is 7.92 Å². The summed E-state index contributed by atoms with van der Waals surface area (Å²) >= 11 is 0. The minimum atomic E-state index is -0.720. The third-order valence-electron chi connectivity index (χ3n) is 6.04. The van der Waals surface area contributed by atoms with Gasteiger partial charge in [-0.2, -0.15) is 0 Å². The number of aliphatic imine (C=N–C) groups is 3. The van der Waals surface area contributed by atoms with Gasteiger partial charge in [-0.3, -0.25) is 4.99 Å². The van der Waals surface area contributed by atoms with Crippen LogP contribution in [-0.2, 0) is 12.8 Å². The van der Waals surface area contributed by atoms with Crippen LogP contribution in [0.3, 0.4) is 0 Å². The van der Waals surface area contributed by atoms with Crippen LogP contribution in [0.15, 0.2) is 136 Å². The molecule has 0 aromatic heterocycles. The summed E-state index contributed by atoms with van der Waals surface area (Å²) in [6, 6.07) is 45.1. The minimum Gasteiger partial charge on any atom is -0.365 e. The molecule has 0 aliphatic carbocycles. The first-order chi connectivity index (χ1) is 20.6. The predicted molar refractivity (Wildman–Crippen MR) is 189 cm³/mol. The maximum absolute atomic E-state index is 5.09. The molecule has 0 spiro atoms. The summed E-state index contributed by atoms with van der Waals surface area (Å²) in [5.41, 5.74) is 3.60. The van der Waals surface area contributed by atoms with Crippen molar-refractivity contribution in [3.63, 3.8) is 0 Å². The minimum absolute atomic E-state index is 0.0459. The van der Waals surface area contributed by atoms with E-state index in [0.717, 1.165) is 31.5 Å². The summed E-state index contributed by atoms with van der Waals surface area (Å²) in [6.07, 6.45) is 1.90. The van der Waals surface area contributed by atoms with Gasteiger partial charge in [0.2, 0.25) is 0 Å². The lowest BCUT2D eigenvalue weighted by atomic mass is 10.1. The summed E-state index contributed by atoms with van der Waals surface area (Å²) in [5.74, 6) is 0. The molecule has 43 heavy (non-hydrogen) atoms. The van der Waals surface area contributed by atoms with Crippen molar-refractivity contribution in [1.29, 1.82) is 0 Å². The van der Waals surface area contributed by atoms with Crippen molar-refractivity contribution in [1.82, 2.24) is 5.32 Å². The molecule has 4 nitrogen and oxygen atoms in total. The number of nitrogens with one attached hydrogen (secondary N) is 1. The Morgan fingerprint density at radius 1 is 0.605 bits per heavy atom. The molecule has 0 fully saturated rings. The lowest BCUT2D eigenvalue weighted by molar-refractivity contribution is 0.514. The molecule has 0 saturated carbocycles. The van der Waals surface area contributed by atoms with Crippen LogP contribution < -0.4 is 15.9 Å². The van der Waals surface area contributed by atoms with Gasteiger partial charge < -0.3 is 5.32 Å². The van der Waals surface area contributed by atoms with Crippen LogP contribution in [0.5, 0.6) is 0 Å².